The van der Waals surface area contributed by atoms with Crippen LogP contribution in [0.2, 0.25) is 0 Å². The van der Waals surface area contributed by atoms with Gasteiger partial charge in [0, 0.05) is 17.3 Å². The van der Waals surface area contributed by atoms with Gasteiger partial charge in [0.15, 0.2) is 11.2 Å². The van der Waals surface area contributed by atoms with Crippen LogP contribution in [-0.2, 0) is 14.8 Å². The largest absolute Gasteiger partial charge is 0.497 e. The van der Waals surface area contributed by atoms with Crippen molar-refractivity contribution in [2.24, 2.45) is 0 Å². The maximum atomic E-state index is 12.3. The molecule has 1 amide bonds. The molecule has 0 aliphatic heterocycles. The first-order valence-corrected chi connectivity index (χ1v) is 10.9. The fraction of sp³-hybridized carbons (Fsp3) is 0.158. The normalized spacial score (nSPS) is 12.1. The highest BCUT2D eigenvalue weighted by atomic mass is 32.2. The molecular formula is C19H19N3O5S2. The highest BCUT2D eigenvalue weighted by Crippen LogP contribution is 2.21. The lowest BCUT2D eigenvalue weighted by atomic mass is 10.3. The zero-order valence-corrected chi connectivity index (χ0v) is 17.3. The minimum atomic E-state index is -3.74. The number of aromatic nitrogens is 1. The van der Waals surface area contributed by atoms with Gasteiger partial charge in [-0.3, -0.25) is 9.52 Å². The predicted molar refractivity (Wildman–Crippen MR) is 111 cm³/mol. The molecule has 1 aromatic heterocycles. The highest BCUT2D eigenvalue weighted by Gasteiger charge is 2.17. The molecule has 1 atom stereocenters. The number of sulfonamides is 1. The molecule has 8 nitrogen and oxygen atoms in total. The van der Waals surface area contributed by atoms with Gasteiger partial charge in [-0.1, -0.05) is 0 Å². The Kier molecular flexibility index (Phi) is 6.35. The first kappa shape index (κ1) is 20.6. The van der Waals surface area contributed by atoms with Gasteiger partial charge in [-0.05, 0) is 55.5 Å². The number of anilines is 2. The van der Waals surface area contributed by atoms with Crippen LogP contribution in [0.4, 0.5) is 10.8 Å². The SMILES string of the molecule is COc1ccc(O[C@@H](C)C(=O)Nc2ccc(S(=O)(=O)Nc3nccs3)cc2)cc1. The van der Waals surface area contributed by atoms with Crippen LogP contribution in [-0.4, -0.2) is 32.5 Å². The molecule has 29 heavy (non-hydrogen) atoms. The van der Waals surface area contributed by atoms with Crippen molar-refractivity contribution in [3.63, 3.8) is 0 Å². The summed E-state index contributed by atoms with van der Waals surface area (Å²) in [5.41, 5.74) is 0.452. The van der Waals surface area contributed by atoms with Crippen molar-refractivity contribution < 1.29 is 22.7 Å². The Hall–Kier alpha value is -3.11. The van der Waals surface area contributed by atoms with Crippen LogP contribution in [0.15, 0.2) is 65.0 Å². The van der Waals surface area contributed by atoms with E-state index in [-0.39, 0.29) is 15.9 Å². The second-order valence-electron chi connectivity index (χ2n) is 5.89. The number of rotatable bonds is 8. The van der Waals surface area contributed by atoms with Crippen molar-refractivity contribution in [2.75, 3.05) is 17.1 Å². The molecule has 0 saturated carbocycles. The third kappa shape index (κ3) is 5.46. The molecule has 0 aliphatic carbocycles. The van der Waals surface area contributed by atoms with E-state index in [1.165, 1.54) is 41.8 Å². The Morgan fingerprint density at radius 2 is 1.72 bits per heavy atom. The fourth-order valence-electron chi connectivity index (χ4n) is 2.32. The van der Waals surface area contributed by atoms with E-state index in [1.807, 2.05) is 0 Å². The molecule has 0 radical (unpaired) electrons. The van der Waals surface area contributed by atoms with Crippen LogP contribution < -0.4 is 19.5 Å². The summed E-state index contributed by atoms with van der Waals surface area (Å²) in [6, 6.07) is 12.7. The van der Waals surface area contributed by atoms with Crippen molar-refractivity contribution in [2.45, 2.75) is 17.9 Å². The van der Waals surface area contributed by atoms with Gasteiger partial charge in [-0.2, -0.15) is 0 Å². The number of amides is 1. The second kappa shape index (κ2) is 8.93. The molecule has 10 heteroatoms. The summed E-state index contributed by atoms with van der Waals surface area (Å²) < 4.78 is 37.7. The van der Waals surface area contributed by atoms with Gasteiger partial charge in [-0.25, -0.2) is 13.4 Å². The van der Waals surface area contributed by atoms with Crippen LogP contribution in [0.5, 0.6) is 11.5 Å². The number of hydrogen-bond donors (Lipinski definition) is 2. The minimum absolute atomic E-state index is 0.0632. The third-order valence-corrected chi connectivity index (χ3v) is 6.00. The summed E-state index contributed by atoms with van der Waals surface area (Å²) in [5, 5.41) is 4.65. The van der Waals surface area contributed by atoms with Crippen molar-refractivity contribution in [1.82, 2.24) is 4.98 Å². The molecule has 3 aromatic rings. The zero-order valence-electron chi connectivity index (χ0n) is 15.7. The van der Waals surface area contributed by atoms with Crippen molar-refractivity contribution in [1.29, 1.82) is 0 Å². The van der Waals surface area contributed by atoms with E-state index in [1.54, 1.807) is 43.7 Å². The number of ether oxygens (including phenoxy) is 2. The number of carbonyl (C=O) groups is 1. The number of hydrogen-bond acceptors (Lipinski definition) is 7. The smallest absolute Gasteiger partial charge is 0.265 e. The van der Waals surface area contributed by atoms with Crippen LogP contribution in [0.25, 0.3) is 0 Å². The second-order valence-corrected chi connectivity index (χ2v) is 8.47. The molecule has 0 fully saturated rings. The lowest BCUT2D eigenvalue weighted by Crippen LogP contribution is -2.30. The van der Waals surface area contributed by atoms with Crippen molar-refractivity contribution in [3.8, 4) is 11.5 Å². The van der Waals surface area contributed by atoms with E-state index in [0.29, 0.717) is 17.2 Å². The topological polar surface area (TPSA) is 107 Å². The standard InChI is InChI=1S/C19H19N3O5S2/c1-13(27-16-7-5-15(26-2)6-8-16)18(23)21-14-3-9-17(10-4-14)29(24,25)22-19-20-11-12-28-19/h3-13H,1-2H3,(H,20,22)(H,21,23)/t13-/m0/s1. The lowest BCUT2D eigenvalue weighted by molar-refractivity contribution is -0.122. The van der Waals surface area contributed by atoms with Gasteiger partial charge in [0.25, 0.3) is 15.9 Å². The number of carbonyl (C=O) groups excluding carboxylic acids is 1. The van der Waals surface area contributed by atoms with Gasteiger partial charge < -0.3 is 14.8 Å². The number of methoxy groups -OCH3 is 1. The summed E-state index contributed by atoms with van der Waals surface area (Å²) in [6.45, 7) is 1.62. The molecule has 0 unspecified atom stereocenters. The molecule has 2 aromatic carbocycles. The quantitative estimate of drug-likeness (QED) is 0.564. The average Bonchev–Trinajstić information content (AvgIpc) is 3.21. The Bertz CT molecular complexity index is 1050. The van der Waals surface area contributed by atoms with E-state index in [9.17, 15) is 13.2 Å². The number of thiazole rings is 1. The monoisotopic (exact) mass is 433 g/mol. The first-order valence-electron chi connectivity index (χ1n) is 8.51. The number of nitrogens with one attached hydrogen (secondary N) is 2. The summed E-state index contributed by atoms with van der Waals surface area (Å²) in [5.74, 6) is 0.856. The maximum absolute atomic E-state index is 12.3. The van der Waals surface area contributed by atoms with Gasteiger partial charge in [-0.15, -0.1) is 11.3 Å². The summed E-state index contributed by atoms with van der Waals surface area (Å²) in [7, 11) is -2.17. The number of benzene rings is 2. The van der Waals surface area contributed by atoms with Crippen LogP contribution >= 0.6 is 11.3 Å². The zero-order chi connectivity index (χ0) is 20.9. The van der Waals surface area contributed by atoms with Crippen molar-refractivity contribution in [3.05, 3.63) is 60.1 Å². The first-order chi connectivity index (χ1) is 13.9. The van der Waals surface area contributed by atoms with Gasteiger partial charge in [0.1, 0.15) is 11.5 Å². The van der Waals surface area contributed by atoms with E-state index >= 15 is 0 Å². The third-order valence-electron chi connectivity index (χ3n) is 3.83. The van der Waals surface area contributed by atoms with Crippen LogP contribution in [0, 0.1) is 0 Å². The molecule has 2 N–H and O–H groups in total. The Morgan fingerprint density at radius 1 is 1.07 bits per heavy atom. The Morgan fingerprint density at radius 3 is 2.31 bits per heavy atom. The van der Waals surface area contributed by atoms with E-state index in [0.717, 1.165) is 0 Å². The van der Waals surface area contributed by atoms with E-state index < -0.39 is 16.1 Å². The molecule has 152 valence electrons. The molecular weight excluding hydrogens is 414 g/mol. The van der Waals surface area contributed by atoms with Gasteiger partial charge >= 0.3 is 0 Å². The Balaban J connectivity index is 1.60. The number of nitrogens with zero attached hydrogens (tertiary/aromatic N) is 1. The van der Waals surface area contributed by atoms with E-state index in [2.05, 4.69) is 15.0 Å². The summed E-state index contributed by atoms with van der Waals surface area (Å²) >= 11 is 1.18. The summed E-state index contributed by atoms with van der Waals surface area (Å²) in [6.07, 6.45) is 0.759. The fourth-order valence-corrected chi connectivity index (χ4v) is 4.11. The molecule has 0 aliphatic rings. The highest BCUT2D eigenvalue weighted by molar-refractivity contribution is 7.93. The summed E-state index contributed by atoms with van der Waals surface area (Å²) in [4.78, 5) is 16.3. The molecule has 0 spiro atoms. The average molecular weight is 434 g/mol. The van der Waals surface area contributed by atoms with Crippen LogP contribution in [0.3, 0.4) is 0 Å². The predicted octanol–water partition coefficient (Wildman–Crippen LogP) is 3.36. The lowest BCUT2D eigenvalue weighted by Gasteiger charge is -2.15. The molecule has 0 saturated heterocycles. The Labute approximate surface area is 172 Å². The van der Waals surface area contributed by atoms with Gasteiger partial charge in [0.2, 0.25) is 0 Å². The molecule has 1 heterocycles. The van der Waals surface area contributed by atoms with E-state index in [4.69, 9.17) is 9.47 Å². The maximum Gasteiger partial charge on any atom is 0.265 e. The van der Waals surface area contributed by atoms with Gasteiger partial charge in [0.05, 0.1) is 12.0 Å². The van der Waals surface area contributed by atoms with Crippen molar-refractivity contribution >= 4 is 38.1 Å². The molecule has 3 rings (SSSR count). The van der Waals surface area contributed by atoms with Crippen LogP contribution in [0.1, 0.15) is 6.92 Å². The molecule has 0 bridgehead atoms. The minimum Gasteiger partial charge on any atom is -0.497 e.